The number of benzene rings is 3. The van der Waals surface area contributed by atoms with Gasteiger partial charge in [-0.15, -0.1) is 0 Å². The number of ether oxygens (including phenoxy) is 3. The van der Waals surface area contributed by atoms with Crippen molar-refractivity contribution in [2.24, 2.45) is 4.99 Å². The maximum absolute atomic E-state index is 13.8. The molecule has 0 amide bonds. The van der Waals surface area contributed by atoms with Crippen LogP contribution in [0.1, 0.15) is 36.6 Å². The van der Waals surface area contributed by atoms with Gasteiger partial charge >= 0.3 is 5.97 Å². The second kappa shape index (κ2) is 12.3. The number of halogens is 2. The van der Waals surface area contributed by atoms with Gasteiger partial charge in [0.05, 0.1) is 35.6 Å². The summed E-state index contributed by atoms with van der Waals surface area (Å²) in [6, 6.07) is 19.2. The van der Waals surface area contributed by atoms with Crippen LogP contribution >= 0.6 is 34.5 Å². The van der Waals surface area contributed by atoms with Gasteiger partial charge in [0.25, 0.3) is 5.56 Å². The zero-order chi connectivity index (χ0) is 29.1. The Bertz CT molecular complexity index is 1830. The first kappa shape index (κ1) is 28.7. The standard InChI is InChI=1S/C31H26Cl2N2O5S/c1-4-39-30(37)27-18(2)34-31-35(28(27)20-10-12-22(32)13-11-20)29(36)26(41-31)16-19-9-14-24(25(15-19)38-3)40-17-21-7-5-6-8-23(21)33/h5-16,28H,4,17H2,1-3H3/b26-16-/t28-/m1/s1. The van der Waals surface area contributed by atoms with Crippen molar-refractivity contribution in [1.82, 2.24) is 4.57 Å². The zero-order valence-electron chi connectivity index (χ0n) is 22.5. The smallest absolute Gasteiger partial charge is 0.338 e. The molecule has 0 saturated heterocycles. The first-order valence-electron chi connectivity index (χ1n) is 12.8. The van der Waals surface area contributed by atoms with Gasteiger partial charge in [0.1, 0.15) is 6.61 Å². The number of hydrogen-bond donors (Lipinski definition) is 0. The molecule has 41 heavy (non-hydrogen) atoms. The minimum absolute atomic E-state index is 0.202. The summed E-state index contributed by atoms with van der Waals surface area (Å²) in [6.07, 6.45) is 1.77. The molecule has 0 N–H and O–H groups in total. The number of thiazole rings is 1. The van der Waals surface area contributed by atoms with Crippen LogP contribution in [0.3, 0.4) is 0 Å². The lowest BCUT2D eigenvalue weighted by atomic mass is 9.96. The summed E-state index contributed by atoms with van der Waals surface area (Å²) < 4.78 is 18.9. The second-order valence-electron chi connectivity index (χ2n) is 9.14. The van der Waals surface area contributed by atoms with Crippen molar-refractivity contribution in [2.45, 2.75) is 26.5 Å². The molecule has 0 spiro atoms. The van der Waals surface area contributed by atoms with Crippen molar-refractivity contribution in [3.05, 3.63) is 124 Å². The number of rotatable bonds is 8. The molecule has 1 aliphatic rings. The summed E-state index contributed by atoms with van der Waals surface area (Å²) in [6.45, 7) is 3.97. The molecular weight excluding hydrogens is 583 g/mol. The van der Waals surface area contributed by atoms with Crippen molar-refractivity contribution in [2.75, 3.05) is 13.7 Å². The van der Waals surface area contributed by atoms with Crippen molar-refractivity contribution in [3.8, 4) is 11.5 Å². The largest absolute Gasteiger partial charge is 0.493 e. The van der Waals surface area contributed by atoms with Crippen LogP contribution in [0.4, 0.5) is 0 Å². The van der Waals surface area contributed by atoms with E-state index in [0.717, 1.165) is 16.7 Å². The first-order valence-corrected chi connectivity index (χ1v) is 14.4. The van der Waals surface area contributed by atoms with E-state index in [1.165, 1.54) is 15.9 Å². The summed E-state index contributed by atoms with van der Waals surface area (Å²) in [7, 11) is 1.56. The average molecular weight is 610 g/mol. The van der Waals surface area contributed by atoms with Crippen LogP contribution in [0.5, 0.6) is 11.5 Å². The normalized spacial score (nSPS) is 14.9. The van der Waals surface area contributed by atoms with Gasteiger partial charge in [-0.2, -0.15) is 0 Å². The highest BCUT2D eigenvalue weighted by atomic mass is 35.5. The molecule has 0 saturated carbocycles. The summed E-state index contributed by atoms with van der Waals surface area (Å²) in [4.78, 5) is 31.9. The van der Waals surface area contributed by atoms with Crippen molar-refractivity contribution >= 4 is 46.6 Å². The molecule has 0 unspecified atom stereocenters. The molecule has 5 rings (SSSR count). The molecule has 0 aliphatic carbocycles. The number of fused-ring (bicyclic) bond motifs is 1. The van der Waals surface area contributed by atoms with Gasteiger partial charge in [-0.1, -0.05) is 70.9 Å². The number of methoxy groups -OCH3 is 1. The van der Waals surface area contributed by atoms with Crippen LogP contribution < -0.4 is 24.4 Å². The Hall–Kier alpha value is -3.85. The van der Waals surface area contributed by atoms with Gasteiger partial charge < -0.3 is 14.2 Å². The van der Waals surface area contributed by atoms with E-state index in [2.05, 4.69) is 4.99 Å². The Kier molecular flexibility index (Phi) is 8.63. The fourth-order valence-corrected chi connectivity index (χ4v) is 5.93. The van der Waals surface area contributed by atoms with Crippen LogP contribution in [0, 0.1) is 0 Å². The number of hydrogen-bond acceptors (Lipinski definition) is 7. The molecule has 0 bridgehead atoms. The third-order valence-electron chi connectivity index (χ3n) is 6.53. The zero-order valence-corrected chi connectivity index (χ0v) is 24.8. The van der Waals surface area contributed by atoms with E-state index in [4.69, 9.17) is 37.4 Å². The van der Waals surface area contributed by atoms with E-state index in [-0.39, 0.29) is 18.8 Å². The van der Waals surface area contributed by atoms with Gasteiger partial charge in [0.15, 0.2) is 16.3 Å². The predicted molar refractivity (Wildman–Crippen MR) is 161 cm³/mol. The lowest BCUT2D eigenvalue weighted by Gasteiger charge is -2.24. The van der Waals surface area contributed by atoms with E-state index in [9.17, 15) is 9.59 Å². The molecule has 1 aliphatic heterocycles. The van der Waals surface area contributed by atoms with Crippen LogP contribution in [0.15, 0.2) is 87.8 Å². The molecular formula is C31H26Cl2N2O5S. The number of carbonyl (C=O) groups is 1. The van der Waals surface area contributed by atoms with Gasteiger partial charge in [0, 0.05) is 15.6 Å². The van der Waals surface area contributed by atoms with Crippen molar-refractivity contribution in [3.63, 3.8) is 0 Å². The molecule has 2 heterocycles. The maximum atomic E-state index is 13.8. The Labute approximate surface area is 250 Å². The highest BCUT2D eigenvalue weighted by molar-refractivity contribution is 7.07. The quantitative estimate of drug-likeness (QED) is 0.240. The number of allylic oxidation sites excluding steroid dienone is 1. The van der Waals surface area contributed by atoms with Gasteiger partial charge in [-0.25, -0.2) is 9.79 Å². The molecule has 4 aromatic rings. The fourth-order valence-electron chi connectivity index (χ4n) is 4.57. The summed E-state index contributed by atoms with van der Waals surface area (Å²) >= 11 is 13.6. The molecule has 10 heteroatoms. The van der Waals surface area contributed by atoms with Gasteiger partial charge in [-0.05, 0) is 61.4 Å². The van der Waals surface area contributed by atoms with Crippen molar-refractivity contribution < 1.29 is 19.0 Å². The van der Waals surface area contributed by atoms with E-state index in [1.54, 1.807) is 63.4 Å². The summed E-state index contributed by atoms with van der Waals surface area (Å²) in [5.74, 6) is 0.543. The molecule has 0 radical (unpaired) electrons. The Morgan fingerprint density at radius 1 is 1.07 bits per heavy atom. The molecule has 1 atom stereocenters. The number of nitrogens with zero attached hydrogens (tertiary/aromatic N) is 2. The molecule has 7 nitrogen and oxygen atoms in total. The Morgan fingerprint density at radius 2 is 1.83 bits per heavy atom. The average Bonchev–Trinajstić information content (AvgIpc) is 3.26. The fraction of sp³-hybridized carbons (Fsp3) is 0.194. The second-order valence-corrected chi connectivity index (χ2v) is 11.0. The Balaban J connectivity index is 1.54. The van der Waals surface area contributed by atoms with Crippen molar-refractivity contribution in [1.29, 1.82) is 0 Å². The van der Waals surface area contributed by atoms with E-state index in [1.807, 2.05) is 30.3 Å². The number of aromatic nitrogens is 1. The van der Waals surface area contributed by atoms with E-state index in [0.29, 0.717) is 42.1 Å². The molecule has 3 aromatic carbocycles. The lowest BCUT2D eigenvalue weighted by molar-refractivity contribution is -0.139. The highest BCUT2D eigenvalue weighted by Crippen LogP contribution is 2.32. The van der Waals surface area contributed by atoms with E-state index < -0.39 is 12.0 Å². The third-order valence-corrected chi connectivity index (χ3v) is 8.13. The maximum Gasteiger partial charge on any atom is 0.338 e. The van der Waals surface area contributed by atoms with Gasteiger partial charge in [-0.3, -0.25) is 9.36 Å². The predicted octanol–water partition coefficient (Wildman–Crippen LogP) is 5.69. The molecule has 0 fully saturated rings. The first-order chi connectivity index (χ1) is 19.8. The topological polar surface area (TPSA) is 79.1 Å². The number of carbonyl (C=O) groups excluding carboxylic acids is 1. The molecule has 210 valence electrons. The summed E-state index contributed by atoms with van der Waals surface area (Å²) in [5, 5.41) is 1.17. The van der Waals surface area contributed by atoms with Crippen LogP contribution in [-0.4, -0.2) is 24.3 Å². The monoisotopic (exact) mass is 608 g/mol. The van der Waals surface area contributed by atoms with E-state index >= 15 is 0 Å². The third kappa shape index (κ3) is 5.95. The minimum atomic E-state index is -0.708. The lowest BCUT2D eigenvalue weighted by Crippen LogP contribution is -2.39. The van der Waals surface area contributed by atoms with Crippen LogP contribution in [0.25, 0.3) is 6.08 Å². The highest BCUT2D eigenvalue weighted by Gasteiger charge is 2.33. The molecule has 1 aromatic heterocycles. The SMILES string of the molecule is CCOC(=O)C1=C(C)N=c2s/c(=C\c3ccc(OCc4ccccc4Cl)c(OC)c3)c(=O)n2[C@@H]1c1ccc(Cl)cc1. The Morgan fingerprint density at radius 3 is 2.54 bits per heavy atom. The summed E-state index contributed by atoms with van der Waals surface area (Å²) in [5.41, 5.74) is 2.85. The van der Waals surface area contributed by atoms with Gasteiger partial charge in [0.2, 0.25) is 0 Å². The number of esters is 1. The minimum Gasteiger partial charge on any atom is -0.493 e. The van der Waals surface area contributed by atoms with Crippen LogP contribution in [-0.2, 0) is 16.1 Å². The van der Waals surface area contributed by atoms with Crippen LogP contribution in [0.2, 0.25) is 10.0 Å².